The van der Waals surface area contributed by atoms with Crippen molar-refractivity contribution >= 4 is 34.6 Å². The Bertz CT molecular complexity index is 873. The van der Waals surface area contributed by atoms with E-state index >= 15 is 0 Å². The fourth-order valence-electron chi connectivity index (χ4n) is 2.50. The van der Waals surface area contributed by atoms with Gasteiger partial charge in [-0.15, -0.1) is 0 Å². The van der Waals surface area contributed by atoms with Crippen molar-refractivity contribution in [2.75, 3.05) is 0 Å². The third kappa shape index (κ3) is 4.46. The molecule has 0 spiro atoms. The maximum Gasteiger partial charge on any atom is 0.264 e. The molecular weight excluding hydrogens is 348 g/mol. The number of hydrogen-bond donors (Lipinski definition) is 3. The van der Waals surface area contributed by atoms with Crippen LogP contribution in [0.25, 0.3) is 6.08 Å². The lowest BCUT2D eigenvalue weighted by atomic mass is 10.1. The van der Waals surface area contributed by atoms with Gasteiger partial charge in [-0.1, -0.05) is 31.5 Å². The minimum atomic E-state index is -0.235. The highest BCUT2D eigenvalue weighted by Crippen LogP contribution is 2.31. The normalized spacial score (nSPS) is 17.0. The highest BCUT2D eigenvalue weighted by molar-refractivity contribution is 8.18. The van der Waals surface area contributed by atoms with Crippen LogP contribution in [0.4, 0.5) is 5.69 Å². The van der Waals surface area contributed by atoms with E-state index in [1.807, 2.05) is 12.1 Å². The topological polar surface area (TPSA) is 81.9 Å². The maximum absolute atomic E-state index is 12.1. The van der Waals surface area contributed by atoms with Gasteiger partial charge in [0.05, 0.1) is 10.6 Å². The van der Waals surface area contributed by atoms with Crippen LogP contribution in [0.3, 0.4) is 0 Å². The van der Waals surface area contributed by atoms with Crippen LogP contribution in [-0.2, 0) is 11.2 Å². The summed E-state index contributed by atoms with van der Waals surface area (Å²) in [5.41, 5.74) is 2.70. The maximum atomic E-state index is 12.1. The summed E-state index contributed by atoms with van der Waals surface area (Å²) in [7, 11) is 0. The molecular formula is C20H20N2O3S. The van der Waals surface area contributed by atoms with Crippen molar-refractivity contribution in [3.8, 4) is 11.5 Å². The van der Waals surface area contributed by atoms with E-state index in [1.54, 1.807) is 12.1 Å². The van der Waals surface area contributed by atoms with Crippen LogP contribution in [0.2, 0.25) is 0 Å². The molecule has 1 fully saturated rings. The van der Waals surface area contributed by atoms with Gasteiger partial charge in [0, 0.05) is 0 Å². The molecule has 1 aliphatic heterocycles. The molecule has 3 N–H and O–H groups in total. The zero-order valence-electron chi connectivity index (χ0n) is 14.4. The molecule has 0 bridgehead atoms. The van der Waals surface area contributed by atoms with Gasteiger partial charge >= 0.3 is 0 Å². The molecule has 2 aromatic rings. The molecule has 0 radical (unpaired) electrons. The van der Waals surface area contributed by atoms with Crippen LogP contribution in [-0.4, -0.2) is 21.3 Å². The van der Waals surface area contributed by atoms with Crippen LogP contribution in [0.5, 0.6) is 11.5 Å². The fourth-order valence-corrected chi connectivity index (χ4v) is 3.34. The first kappa shape index (κ1) is 18.1. The number of carbonyl (C=O) groups excluding carboxylic acids is 1. The van der Waals surface area contributed by atoms with Crippen molar-refractivity contribution in [3.05, 3.63) is 58.5 Å². The molecule has 26 heavy (non-hydrogen) atoms. The van der Waals surface area contributed by atoms with Crippen molar-refractivity contribution in [1.29, 1.82) is 0 Å². The number of hydrogen-bond acceptors (Lipinski definition) is 5. The lowest BCUT2D eigenvalue weighted by molar-refractivity contribution is -0.115. The summed E-state index contributed by atoms with van der Waals surface area (Å²) in [6, 6.07) is 12.4. The summed E-state index contributed by atoms with van der Waals surface area (Å²) in [4.78, 5) is 17.1. The Hall–Kier alpha value is -2.73. The molecule has 1 heterocycles. The first-order valence-corrected chi connectivity index (χ1v) is 9.27. The molecule has 2 aromatic carbocycles. The standard InChI is InChI=1S/C20H20N2O3S/c1-2-3-4-13-5-8-15(9-6-13)21-20-22-19(25)18(26-20)12-14-7-10-16(23)17(24)11-14/h5-12,23-24H,2-4H2,1H3,(H,21,22,25)/b18-12-. The molecule has 0 atom stereocenters. The van der Waals surface area contributed by atoms with Gasteiger partial charge in [-0.3, -0.25) is 4.79 Å². The van der Waals surface area contributed by atoms with E-state index in [0.717, 1.165) is 12.1 Å². The van der Waals surface area contributed by atoms with Crippen molar-refractivity contribution < 1.29 is 15.0 Å². The number of carbonyl (C=O) groups is 1. The number of phenols is 2. The first-order valence-electron chi connectivity index (χ1n) is 8.45. The monoisotopic (exact) mass is 368 g/mol. The quantitative estimate of drug-likeness (QED) is 0.542. The van der Waals surface area contributed by atoms with Gasteiger partial charge in [0.15, 0.2) is 16.7 Å². The third-order valence-corrected chi connectivity index (χ3v) is 4.84. The average Bonchev–Trinajstić information content (AvgIpc) is 2.96. The zero-order chi connectivity index (χ0) is 18.5. The first-order chi connectivity index (χ1) is 12.5. The summed E-state index contributed by atoms with van der Waals surface area (Å²) in [6.45, 7) is 2.17. The Morgan fingerprint density at radius 1 is 1.12 bits per heavy atom. The Morgan fingerprint density at radius 2 is 1.88 bits per heavy atom. The largest absolute Gasteiger partial charge is 0.504 e. The Labute approximate surface area is 156 Å². The molecule has 0 aliphatic carbocycles. The molecule has 3 rings (SSSR count). The number of rotatable bonds is 5. The fraction of sp³-hybridized carbons (Fsp3) is 0.200. The van der Waals surface area contributed by atoms with Crippen LogP contribution in [0, 0.1) is 0 Å². The predicted octanol–water partition coefficient (Wildman–Crippen LogP) is 4.33. The minimum Gasteiger partial charge on any atom is -0.504 e. The van der Waals surface area contributed by atoms with E-state index in [0.29, 0.717) is 15.6 Å². The number of nitrogens with one attached hydrogen (secondary N) is 1. The van der Waals surface area contributed by atoms with Crippen molar-refractivity contribution in [2.24, 2.45) is 4.99 Å². The molecule has 0 saturated carbocycles. The lowest BCUT2D eigenvalue weighted by Crippen LogP contribution is -2.19. The highest BCUT2D eigenvalue weighted by Gasteiger charge is 2.23. The SMILES string of the molecule is CCCCc1ccc(N=C2NC(=O)/C(=C/c3ccc(O)c(O)c3)S2)cc1. The number of nitrogens with zero attached hydrogens (tertiary/aromatic N) is 1. The lowest BCUT2D eigenvalue weighted by Gasteiger charge is -2.01. The molecule has 1 amide bonds. The second-order valence-corrected chi connectivity index (χ2v) is 7.03. The number of amides is 1. The Balaban J connectivity index is 1.73. The van der Waals surface area contributed by atoms with Crippen molar-refractivity contribution in [1.82, 2.24) is 5.32 Å². The van der Waals surface area contributed by atoms with Crippen LogP contribution in [0.15, 0.2) is 52.4 Å². The van der Waals surface area contributed by atoms with E-state index in [9.17, 15) is 15.0 Å². The van der Waals surface area contributed by atoms with Crippen molar-refractivity contribution in [2.45, 2.75) is 26.2 Å². The van der Waals surface area contributed by atoms with E-state index < -0.39 is 0 Å². The van der Waals surface area contributed by atoms with Gasteiger partial charge in [0.2, 0.25) is 0 Å². The summed E-state index contributed by atoms with van der Waals surface area (Å²) >= 11 is 1.24. The van der Waals surface area contributed by atoms with Gasteiger partial charge in [0.25, 0.3) is 5.91 Å². The zero-order valence-corrected chi connectivity index (χ0v) is 15.2. The van der Waals surface area contributed by atoms with E-state index in [1.165, 1.54) is 42.3 Å². The minimum absolute atomic E-state index is 0.194. The Morgan fingerprint density at radius 3 is 2.58 bits per heavy atom. The molecule has 0 unspecified atom stereocenters. The van der Waals surface area contributed by atoms with Crippen LogP contribution < -0.4 is 5.32 Å². The number of benzene rings is 2. The number of phenolic OH excluding ortho intramolecular Hbond substituents is 2. The number of aryl methyl sites for hydroxylation is 1. The number of unbranched alkanes of at least 4 members (excludes halogenated alkanes) is 1. The van der Waals surface area contributed by atoms with E-state index in [-0.39, 0.29) is 17.4 Å². The number of amidine groups is 1. The molecule has 0 aromatic heterocycles. The predicted molar refractivity (Wildman–Crippen MR) is 106 cm³/mol. The van der Waals surface area contributed by atoms with Gasteiger partial charge in [-0.05, 0) is 66.1 Å². The van der Waals surface area contributed by atoms with E-state index in [2.05, 4.69) is 29.4 Å². The van der Waals surface area contributed by atoms with Gasteiger partial charge in [-0.25, -0.2) is 4.99 Å². The van der Waals surface area contributed by atoms with Crippen molar-refractivity contribution in [3.63, 3.8) is 0 Å². The summed E-state index contributed by atoms with van der Waals surface area (Å²) in [5, 5.41) is 22.2. The molecule has 134 valence electrons. The van der Waals surface area contributed by atoms with E-state index in [4.69, 9.17) is 0 Å². The molecule has 1 saturated heterocycles. The summed E-state index contributed by atoms with van der Waals surface area (Å²) < 4.78 is 0. The number of aromatic hydroxyl groups is 2. The number of aliphatic imine (C=N–C) groups is 1. The third-order valence-electron chi connectivity index (χ3n) is 3.93. The molecule has 1 aliphatic rings. The second kappa shape index (κ2) is 8.10. The van der Waals surface area contributed by atoms with Gasteiger partial charge in [-0.2, -0.15) is 0 Å². The van der Waals surface area contributed by atoms with Crippen LogP contribution >= 0.6 is 11.8 Å². The number of thioether (sulfide) groups is 1. The summed E-state index contributed by atoms with van der Waals surface area (Å²) in [6.07, 6.45) is 5.04. The average molecular weight is 368 g/mol. The van der Waals surface area contributed by atoms with Gasteiger partial charge in [0.1, 0.15) is 0 Å². The second-order valence-electron chi connectivity index (χ2n) is 6.00. The van der Waals surface area contributed by atoms with Crippen LogP contribution in [0.1, 0.15) is 30.9 Å². The Kier molecular flexibility index (Phi) is 5.63. The van der Waals surface area contributed by atoms with Gasteiger partial charge < -0.3 is 15.5 Å². The summed E-state index contributed by atoms with van der Waals surface area (Å²) in [5.74, 6) is -0.652. The molecule has 5 nitrogen and oxygen atoms in total. The smallest absolute Gasteiger partial charge is 0.264 e. The molecule has 6 heteroatoms. The highest BCUT2D eigenvalue weighted by atomic mass is 32.2.